The molecule has 1 saturated carbocycles. The monoisotopic (exact) mass is 227 g/mol. The number of hydrogen-bond acceptors (Lipinski definition) is 3. The van der Waals surface area contributed by atoms with Gasteiger partial charge in [-0.2, -0.15) is 0 Å². The minimum Gasteiger partial charge on any atom is -0.339 e. The summed E-state index contributed by atoms with van der Waals surface area (Å²) < 4.78 is 0. The van der Waals surface area contributed by atoms with Crippen molar-refractivity contribution in [3.63, 3.8) is 0 Å². The first kappa shape index (κ1) is 13.5. The molecule has 1 N–H and O–H groups in total. The second-order valence-electron chi connectivity index (χ2n) is 4.61. The Morgan fingerprint density at radius 3 is 2.62 bits per heavy atom. The molecule has 0 unspecified atom stereocenters. The molecule has 0 aromatic carbocycles. The van der Waals surface area contributed by atoms with Crippen molar-refractivity contribution in [2.24, 2.45) is 0 Å². The third-order valence-corrected chi connectivity index (χ3v) is 3.02. The van der Waals surface area contributed by atoms with Gasteiger partial charge in [0.25, 0.3) is 0 Å². The molecule has 16 heavy (non-hydrogen) atoms. The van der Waals surface area contributed by atoms with Gasteiger partial charge in [-0.05, 0) is 53.4 Å². The summed E-state index contributed by atoms with van der Waals surface area (Å²) in [6.45, 7) is 5.48. The Balaban J connectivity index is 2.20. The van der Waals surface area contributed by atoms with Crippen LogP contribution in [0, 0.1) is 0 Å². The van der Waals surface area contributed by atoms with Gasteiger partial charge < -0.3 is 10.2 Å². The van der Waals surface area contributed by atoms with Gasteiger partial charge in [0.15, 0.2) is 0 Å². The summed E-state index contributed by atoms with van der Waals surface area (Å²) in [5.74, 6) is 0.289. The van der Waals surface area contributed by atoms with E-state index in [1.54, 1.807) is 0 Å². The molecule has 4 heteroatoms. The maximum Gasteiger partial charge on any atom is 0.236 e. The average molecular weight is 227 g/mol. The zero-order valence-electron chi connectivity index (χ0n) is 10.8. The van der Waals surface area contributed by atoms with E-state index in [-0.39, 0.29) is 5.91 Å². The molecule has 4 nitrogen and oxygen atoms in total. The summed E-state index contributed by atoms with van der Waals surface area (Å²) in [7, 11) is 3.98. The molecular formula is C12H25N3O. The number of carbonyl (C=O) groups excluding carboxylic acids is 1. The maximum atomic E-state index is 12.0. The van der Waals surface area contributed by atoms with Crippen LogP contribution in [-0.4, -0.2) is 62.0 Å². The van der Waals surface area contributed by atoms with Crippen molar-refractivity contribution in [3.05, 3.63) is 0 Å². The van der Waals surface area contributed by atoms with Crippen LogP contribution in [0.3, 0.4) is 0 Å². The molecule has 1 aliphatic carbocycles. The van der Waals surface area contributed by atoms with Crippen LogP contribution in [0.15, 0.2) is 0 Å². The zero-order chi connectivity index (χ0) is 12.0. The van der Waals surface area contributed by atoms with Gasteiger partial charge in [0, 0.05) is 12.6 Å². The van der Waals surface area contributed by atoms with Crippen LogP contribution < -0.4 is 5.32 Å². The molecule has 0 saturated heterocycles. The second kappa shape index (κ2) is 6.86. The van der Waals surface area contributed by atoms with E-state index in [9.17, 15) is 4.79 Å². The molecule has 1 rings (SSSR count). The van der Waals surface area contributed by atoms with Crippen LogP contribution in [-0.2, 0) is 4.79 Å². The third-order valence-electron chi connectivity index (χ3n) is 3.02. The molecule has 94 valence electrons. The normalized spacial score (nSPS) is 15.5. The Labute approximate surface area is 99.0 Å². The van der Waals surface area contributed by atoms with Crippen LogP contribution in [0.1, 0.15) is 26.2 Å². The Morgan fingerprint density at radius 2 is 2.12 bits per heavy atom. The van der Waals surface area contributed by atoms with Crippen LogP contribution >= 0.6 is 0 Å². The number of nitrogens with zero attached hydrogens (tertiary/aromatic N) is 2. The van der Waals surface area contributed by atoms with Gasteiger partial charge in [-0.15, -0.1) is 0 Å². The first-order valence-electron chi connectivity index (χ1n) is 6.31. The highest BCUT2D eigenvalue weighted by Crippen LogP contribution is 2.26. The van der Waals surface area contributed by atoms with E-state index in [0.717, 1.165) is 26.1 Å². The predicted octanol–water partition coefficient (Wildman–Crippen LogP) is 0.539. The first-order chi connectivity index (χ1) is 7.69. The summed E-state index contributed by atoms with van der Waals surface area (Å²) in [6, 6.07) is 0.545. The molecule has 0 radical (unpaired) electrons. The van der Waals surface area contributed by atoms with E-state index in [1.165, 1.54) is 12.8 Å². The Kier molecular flexibility index (Phi) is 5.77. The smallest absolute Gasteiger partial charge is 0.236 e. The van der Waals surface area contributed by atoms with Crippen molar-refractivity contribution in [2.45, 2.75) is 32.2 Å². The highest BCUT2D eigenvalue weighted by Gasteiger charge is 2.31. The molecular weight excluding hydrogens is 202 g/mol. The van der Waals surface area contributed by atoms with E-state index in [2.05, 4.69) is 17.1 Å². The Hall–Kier alpha value is -0.610. The number of amides is 1. The lowest BCUT2D eigenvalue weighted by Crippen LogP contribution is -2.40. The second-order valence-corrected chi connectivity index (χ2v) is 4.61. The van der Waals surface area contributed by atoms with Gasteiger partial charge in [0.1, 0.15) is 0 Å². The quantitative estimate of drug-likeness (QED) is 0.615. The van der Waals surface area contributed by atoms with Crippen LogP contribution in [0.2, 0.25) is 0 Å². The standard InChI is InChI=1S/C12H25N3O/c1-4-15(11-6-7-11)12(16)10-14(3)9-5-8-13-2/h11,13H,4-10H2,1-3H3. The van der Waals surface area contributed by atoms with Gasteiger partial charge >= 0.3 is 0 Å². The number of carbonyl (C=O) groups is 1. The molecule has 1 fully saturated rings. The molecule has 1 aliphatic rings. The number of likely N-dealkylation sites (N-methyl/N-ethyl adjacent to an activating group) is 2. The average Bonchev–Trinajstić information content (AvgIpc) is 3.03. The molecule has 0 aromatic heterocycles. The SMILES string of the molecule is CCN(C(=O)CN(C)CCCNC)C1CC1. The summed E-state index contributed by atoms with van der Waals surface area (Å²) in [5.41, 5.74) is 0. The van der Waals surface area contributed by atoms with Gasteiger partial charge in [-0.1, -0.05) is 0 Å². The van der Waals surface area contributed by atoms with E-state index < -0.39 is 0 Å². The molecule has 0 atom stereocenters. The van der Waals surface area contributed by atoms with Crippen molar-refractivity contribution in [3.8, 4) is 0 Å². The highest BCUT2D eigenvalue weighted by molar-refractivity contribution is 5.78. The maximum absolute atomic E-state index is 12.0. The number of hydrogen-bond donors (Lipinski definition) is 1. The summed E-state index contributed by atoms with van der Waals surface area (Å²) in [5, 5.41) is 3.12. The topological polar surface area (TPSA) is 35.6 Å². The fourth-order valence-corrected chi connectivity index (χ4v) is 1.95. The van der Waals surface area contributed by atoms with Gasteiger partial charge in [0.05, 0.1) is 6.54 Å². The predicted molar refractivity (Wildman–Crippen MR) is 66.4 cm³/mol. The van der Waals surface area contributed by atoms with Crippen LogP contribution in [0.5, 0.6) is 0 Å². The molecule has 0 spiro atoms. The lowest BCUT2D eigenvalue weighted by Gasteiger charge is -2.24. The van der Waals surface area contributed by atoms with Gasteiger partial charge in [-0.3, -0.25) is 9.69 Å². The van der Waals surface area contributed by atoms with Crippen molar-refractivity contribution >= 4 is 5.91 Å². The van der Waals surface area contributed by atoms with E-state index in [1.807, 2.05) is 19.0 Å². The van der Waals surface area contributed by atoms with Crippen LogP contribution in [0.25, 0.3) is 0 Å². The fraction of sp³-hybridized carbons (Fsp3) is 0.917. The first-order valence-corrected chi connectivity index (χ1v) is 6.31. The zero-order valence-corrected chi connectivity index (χ0v) is 10.8. The summed E-state index contributed by atoms with van der Waals surface area (Å²) in [4.78, 5) is 16.1. The minimum absolute atomic E-state index is 0.289. The minimum atomic E-state index is 0.289. The van der Waals surface area contributed by atoms with Crippen molar-refractivity contribution in [1.82, 2.24) is 15.1 Å². The van der Waals surface area contributed by atoms with Gasteiger partial charge in [0.2, 0.25) is 5.91 Å². The summed E-state index contributed by atoms with van der Waals surface area (Å²) >= 11 is 0. The number of rotatable bonds is 8. The van der Waals surface area contributed by atoms with Crippen molar-refractivity contribution < 1.29 is 4.79 Å². The molecule has 1 amide bonds. The lowest BCUT2D eigenvalue weighted by molar-refractivity contribution is -0.132. The molecule has 0 heterocycles. The van der Waals surface area contributed by atoms with E-state index in [0.29, 0.717) is 12.6 Å². The Bertz CT molecular complexity index is 216. The lowest BCUT2D eigenvalue weighted by atomic mass is 10.3. The van der Waals surface area contributed by atoms with Crippen molar-refractivity contribution in [1.29, 1.82) is 0 Å². The number of nitrogens with one attached hydrogen (secondary N) is 1. The fourth-order valence-electron chi connectivity index (χ4n) is 1.95. The molecule has 0 bridgehead atoms. The molecule has 0 aliphatic heterocycles. The van der Waals surface area contributed by atoms with Crippen molar-refractivity contribution in [2.75, 3.05) is 40.3 Å². The largest absolute Gasteiger partial charge is 0.339 e. The van der Waals surface area contributed by atoms with E-state index in [4.69, 9.17) is 0 Å². The Morgan fingerprint density at radius 1 is 1.44 bits per heavy atom. The highest BCUT2D eigenvalue weighted by atomic mass is 16.2. The molecule has 0 aromatic rings. The van der Waals surface area contributed by atoms with Crippen LogP contribution in [0.4, 0.5) is 0 Å². The third kappa shape index (κ3) is 4.49. The summed E-state index contributed by atoms with van der Waals surface area (Å²) in [6.07, 6.45) is 3.49. The van der Waals surface area contributed by atoms with E-state index >= 15 is 0 Å². The van der Waals surface area contributed by atoms with Gasteiger partial charge in [-0.25, -0.2) is 0 Å².